The molecule has 0 saturated carbocycles. The summed E-state index contributed by atoms with van der Waals surface area (Å²) in [6.45, 7) is 2.38. The third kappa shape index (κ3) is 4.83. The Hall–Kier alpha value is -1.86. The summed E-state index contributed by atoms with van der Waals surface area (Å²) >= 11 is 5.85. The van der Waals surface area contributed by atoms with Crippen LogP contribution in [0.4, 0.5) is 4.39 Å². The highest BCUT2D eigenvalue weighted by atomic mass is 35.5. The van der Waals surface area contributed by atoms with E-state index in [1.807, 2.05) is 25.1 Å². The minimum absolute atomic E-state index is 0.361. The van der Waals surface area contributed by atoms with Crippen LogP contribution in [0.1, 0.15) is 24.0 Å². The number of rotatable bonds is 5. The predicted molar refractivity (Wildman–Crippen MR) is 122 cm³/mol. The van der Waals surface area contributed by atoms with Gasteiger partial charge in [0.1, 0.15) is 11.4 Å². The Morgan fingerprint density at radius 2 is 1.86 bits per heavy atom. The first-order valence-corrected chi connectivity index (χ1v) is 12.0. The van der Waals surface area contributed by atoms with E-state index in [9.17, 15) is 14.4 Å². The van der Waals surface area contributed by atoms with Crippen LogP contribution in [0, 0.1) is 12.7 Å². The third-order valence-corrected chi connectivity index (χ3v) is 7.98. The van der Waals surface area contributed by atoms with Crippen LogP contribution in [-0.2, 0) is 11.3 Å². The Morgan fingerprint density at radius 1 is 1.21 bits per heavy atom. The molecule has 156 valence electrons. The van der Waals surface area contributed by atoms with Gasteiger partial charge in [0.15, 0.2) is 0 Å². The van der Waals surface area contributed by atoms with Crippen molar-refractivity contribution in [2.45, 2.75) is 31.8 Å². The SMILES string of the molecule is C=S1(=C)CCC(NCc2ccc(-c3ccc(Cl)cc3F)c(C)c2)(C(=O)NO)CC1. The van der Waals surface area contributed by atoms with E-state index >= 15 is 0 Å². The zero-order valence-electron chi connectivity index (χ0n) is 16.4. The van der Waals surface area contributed by atoms with Gasteiger partial charge in [-0.25, -0.2) is 19.1 Å². The largest absolute Gasteiger partial charge is 0.299 e. The van der Waals surface area contributed by atoms with Crippen LogP contribution < -0.4 is 10.8 Å². The Bertz CT molecular complexity index is 1020. The molecule has 1 heterocycles. The van der Waals surface area contributed by atoms with Crippen molar-refractivity contribution in [2.75, 3.05) is 11.5 Å². The zero-order valence-corrected chi connectivity index (χ0v) is 18.0. The molecule has 4 nitrogen and oxygen atoms in total. The van der Waals surface area contributed by atoms with Crippen LogP contribution in [0.3, 0.4) is 0 Å². The monoisotopic (exact) mass is 436 g/mol. The van der Waals surface area contributed by atoms with E-state index < -0.39 is 20.7 Å². The molecular formula is C22H26ClFN2O2S. The molecule has 3 rings (SSSR count). The number of carbonyl (C=O) groups excluding carboxylic acids is 1. The Balaban J connectivity index is 1.79. The fraction of sp³-hybridized carbons (Fsp3) is 0.318. The Morgan fingerprint density at radius 3 is 2.45 bits per heavy atom. The molecule has 0 bridgehead atoms. The van der Waals surface area contributed by atoms with Crippen molar-refractivity contribution in [2.24, 2.45) is 0 Å². The normalized spacial score (nSPS) is 17.7. The highest BCUT2D eigenvalue weighted by Gasteiger charge is 2.40. The third-order valence-electron chi connectivity index (χ3n) is 5.60. The van der Waals surface area contributed by atoms with Gasteiger partial charge in [-0.05, 0) is 66.2 Å². The van der Waals surface area contributed by atoms with Gasteiger partial charge >= 0.3 is 0 Å². The van der Waals surface area contributed by atoms with Crippen molar-refractivity contribution < 1.29 is 14.4 Å². The van der Waals surface area contributed by atoms with Gasteiger partial charge in [-0.1, -0.05) is 41.5 Å². The summed E-state index contributed by atoms with van der Waals surface area (Å²) in [5.41, 5.74) is 4.16. The predicted octanol–water partition coefficient (Wildman–Crippen LogP) is 4.25. The molecule has 0 aliphatic carbocycles. The number of hydrogen-bond acceptors (Lipinski definition) is 3. The van der Waals surface area contributed by atoms with Gasteiger partial charge < -0.3 is 0 Å². The number of amides is 1. The second-order valence-corrected chi connectivity index (χ2v) is 11.5. The lowest BCUT2D eigenvalue weighted by Gasteiger charge is -2.39. The number of aryl methyl sites for hydroxylation is 1. The van der Waals surface area contributed by atoms with Gasteiger partial charge in [-0.3, -0.25) is 15.3 Å². The molecule has 3 N–H and O–H groups in total. The summed E-state index contributed by atoms with van der Waals surface area (Å²) in [6, 6.07) is 10.4. The quantitative estimate of drug-likeness (QED) is 0.373. The smallest absolute Gasteiger partial charge is 0.263 e. The first kappa shape index (κ1) is 21.8. The summed E-state index contributed by atoms with van der Waals surface area (Å²) in [6.07, 6.45) is 1.16. The van der Waals surface area contributed by atoms with E-state index in [1.54, 1.807) is 17.6 Å². The maximum Gasteiger partial charge on any atom is 0.263 e. The van der Waals surface area contributed by atoms with Crippen molar-refractivity contribution in [1.82, 2.24) is 10.8 Å². The van der Waals surface area contributed by atoms with Gasteiger partial charge in [0.2, 0.25) is 0 Å². The van der Waals surface area contributed by atoms with Crippen LogP contribution in [0.2, 0.25) is 5.02 Å². The van der Waals surface area contributed by atoms with E-state index in [2.05, 4.69) is 17.1 Å². The standard InChI is InChI=1S/C22H26ClFN2O2S/c1-15-12-16(4-6-18(15)19-7-5-17(23)13-20(19)24)14-25-22(21(27)26-28)8-10-29(2,3)11-9-22/h4-7,12-13,25,28H,2-3,8-11,14H2,1H3,(H,26,27). The first-order valence-electron chi connectivity index (χ1n) is 9.35. The van der Waals surface area contributed by atoms with E-state index in [4.69, 9.17) is 11.6 Å². The van der Waals surface area contributed by atoms with Crippen LogP contribution >= 0.6 is 20.8 Å². The molecule has 1 amide bonds. The lowest BCUT2D eigenvalue weighted by atomic mass is 9.90. The molecule has 0 spiro atoms. The van der Waals surface area contributed by atoms with Gasteiger partial charge in [0, 0.05) is 17.1 Å². The molecule has 0 radical (unpaired) electrons. The average Bonchev–Trinajstić information content (AvgIpc) is 2.68. The number of carbonyl (C=O) groups is 1. The number of benzene rings is 2. The van der Waals surface area contributed by atoms with Crippen LogP contribution in [0.25, 0.3) is 11.1 Å². The summed E-state index contributed by atoms with van der Waals surface area (Å²) in [7, 11) is -1.18. The van der Waals surface area contributed by atoms with E-state index in [-0.39, 0.29) is 5.82 Å². The van der Waals surface area contributed by atoms with E-state index in [0.29, 0.717) is 30.0 Å². The molecule has 29 heavy (non-hydrogen) atoms. The van der Waals surface area contributed by atoms with Crippen LogP contribution in [0.5, 0.6) is 0 Å². The summed E-state index contributed by atoms with van der Waals surface area (Å²) in [4.78, 5) is 12.4. The van der Waals surface area contributed by atoms with Gasteiger partial charge in [0.05, 0.1) is 0 Å². The maximum absolute atomic E-state index is 14.3. The minimum Gasteiger partial charge on any atom is -0.299 e. The second-order valence-electron chi connectivity index (χ2n) is 7.78. The fourth-order valence-electron chi connectivity index (χ4n) is 3.72. The average molecular weight is 437 g/mol. The van der Waals surface area contributed by atoms with Gasteiger partial charge in [-0.15, -0.1) is 0 Å². The number of hydroxylamine groups is 1. The van der Waals surface area contributed by atoms with Gasteiger partial charge in [-0.2, -0.15) is 0 Å². The zero-order chi connectivity index (χ0) is 21.2. The van der Waals surface area contributed by atoms with E-state index in [0.717, 1.165) is 28.2 Å². The lowest BCUT2D eigenvalue weighted by molar-refractivity contribution is -0.136. The molecule has 1 saturated heterocycles. The topological polar surface area (TPSA) is 61.4 Å². The fourth-order valence-corrected chi connectivity index (χ4v) is 5.64. The van der Waals surface area contributed by atoms with Gasteiger partial charge in [0.25, 0.3) is 5.91 Å². The van der Waals surface area contributed by atoms with Crippen LogP contribution in [0.15, 0.2) is 36.4 Å². The van der Waals surface area contributed by atoms with Crippen LogP contribution in [-0.4, -0.2) is 39.9 Å². The highest BCUT2D eigenvalue weighted by Crippen LogP contribution is 2.35. The molecule has 1 fully saturated rings. The molecule has 0 atom stereocenters. The van der Waals surface area contributed by atoms with Crippen molar-refractivity contribution in [3.05, 3.63) is 58.4 Å². The molecule has 7 heteroatoms. The Kier molecular flexibility index (Phi) is 6.39. The van der Waals surface area contributed by atoms with Crippen molar-refractivity contribution in [3.8, 4) is 11.1 Å². The lowest BCUT2D eigenvalue weighted by Crippen LogP contribution is -2.58. The van der Waals surface area contributed by atoms with E-state index in [1.165, 1.54) is 6.07 Å². The summed E-state index contributed by atoms with van der Waals surface area (Å²) in [5.74, 6) is 9.09. The molecule has 0 aromatic heterocycles. The molecule has 2 aromatic rings. The molecule has 0 unspecified atom stereocenters. The molecule has 2 aromatic carbocycles. The number of halogens is 2. The van der Waals surface area contributed by atoms with Crippen molar-refractivity contribution in [1.29, 1.82) is 0 Å². The number of hydrogen-bond donors (Lipinski definition) is 3. The maximum atomic E-state index is 14.3. The van der Waals surface area contributed by atoms with Crippen molar-refractivity contribution >= 4 is 38.5 Å². The summed E-state index contributed by atoms with van der Waals surface area (Å²) in [5, 5.41) is 12.9. The summed E-state index contributed by atoms with van der Waals surface area (Å²) < 4.78 is 14.3. The second kappa shape index (κ2) is 8.48. The highest BCUT2D eigenvalue weighted by molar-refractivity contribution is 8.27. The molecule has 1 aliphatic heterocycles. The molecular weight excluding hydrogens is 411 g/mol. The first-order chi connectivity index (χ1) is 13.7. The van der Waals surface area contributed by atoms with Crippen molar-refractivity contribution in [3.63, 3.8) is 0 Å². The minimum atomic E-state index is -1.18. The number of nitrogens with one attached hydrogen (secondary N) is 2. The Labute approximate surface area is 176 Å². The molecule has 1 aliphatic rings.